The molecular formula is C18H22BrN3O. The molecule has 0 saturated heterocycles. The number of hydrogen-bond donors (Lipinski definition) is 1. The van der Waals surface area contributed by atoms with Crippen LogP contribution in [0.2, 0.25) is 0 Å². The average Bonchev–Trinajstić information content (AvgIpc) is 2.91. The Kier molecular flexibility index (Phi) is 2.56. The molecule has 1 aromatic carbocycles. The zero-order valence-corrected chi connectivity index (χ0v) is 15.2. The lowest BCUT2D eigenvalue weighted by atomic mass is 9.74. The fourth-order valence-electron chi connectivity index (χ4n) is 6.30. The summed E-state index contributed by atoms with van der Waals surface area (Å²) in [7, 11) is 3.92. The molecule has 5 rings (SSSR count). The Morgan fingerprint density at radius 1 is 1.39 bits per heavy atom. The monoisotopic (exact) mass is 375 g/mol. The van der Waals surface area contributed by atoms with E-state index < -0.39 is 0 Å². The maximum atomic E-state index is 6.29. The molecule has 1 aromatic rings. The first-order chi connectivity index (χ1) is 11.0. The third kappa shape index (κ3) is 1.34. The molecule has 4 nitrogen and oxygen atoms in total. The minimum absolute atomic E-state index is 0.122. The lowest BCUT2D eigenvalue weighted by Crippen LogP contribution is -2.47. The van der Waals surface area contributed by atoms with Crippen LogP contribution in [-0.4, -0.2) is 37.7 Å². The molecule has 4 unspecified atom stereocenters. The second-order valence-corrected chi connectivity index (χ2v) is 8.70. The van der Waals surface area contributed by atoms with Crippen LogP contribution in [0, 0.1) is 10.8 Å². The number of aliphatic imine (C=N–C) groups is 1. The van der Waals surface area contributed by atoms with Crippen molar-refractivity contribution in [2.45, 2.75) is 37.3 Å². The molecule has 4 atom stereocenters. The SMILES string of the molecule is COC1CCC23Cc4ccc(Br)cc4C24N=C(N)N(C)CC34C1. The van der Waals surface area contributed by atoms with Crippen LogP contribution in [0.4, 0.5) is 0 Å². The van der Waals surface area contributed by atoms with Crippen LogP contribution in [0.3, 0.4) is 0 Å². The molecule has 0 amide bonds. The highest BCUT2D eigenvalue weighted by atomic mass is 79.9. The summed E-state index contributed by atoms with van der Waals surface area (Å²) in [5, 5.41) is 0. The molecular weight excluding hydrogens is 354 g/mol. The molecule has 2 saturated carbocycles. The van der Waals surface area contributed by atoms with Gasteiger partial charge in [-0.2, -0.15) is 0 Å². The van der Waals surface area contributed by atoms with Crippen molar-refractivity contribution in [2.24, 2.45) is 21.6 Å². The van der Waals surface area contributed by atoms with Gasteiger partial charge in [-0.3, -0.25) is 0 Å². The minimum atomic E-state index is -0.122. The van der Waals surface area contributed by atoms with Gasteiger partial charge in [0.2, 0.25) is 0 Å². The second kappa shape index (κ2) is 4.12. The average molecular weight is 376 g/mol. The van der Waals surface area contributed by atoms with Gasteiger partial charge >= 0.3 is 0 Å². The Bertz CT molecular complexity index is 750. The quantitative estimate of drug-likeness (QED) is 0.820. The summed E-state index contributed by atoms with van der Waals surface area (Å²) in [5.41, 5.74) is 9.46. The topological polar surface area (TPSA) is 50.9 Å². The molecule has 2 N–H and O–H groups in total. The van der Waals surface area contributed by atoms with Gasteiger partial charge in [0.1, 0.15) is 5.54 Å². The molecule has 3 aliphatic carbocycles. The van der Waals surface area contributed by atoms with E-state index in [0.29, 0.717) is 12.1 Å². The van der Waals surface area contributed by atoms with Crippen LogP contribution < -0.4 is 5.73 Å². The Balaban J connectivity index is 1.75. The van der Waals surface area contributed by atoms with E-state index in [1.165, 1.54) is 17.5 Å². The van der Waals surface area contributed by atoms with Crippen molar-refractivity contribution in [3.05, 3.63) is 33.8 Å². The van der Waals surface area contributed by atoms with Crippen molar-refractivity contribution >= 4 is 21.9 Å². The van der Waals surface area contributed by atoms with E-state index in [4.69, 9.17) is 15.5 Å². The largest absolute Gasteiger partial charge is 0.381 e. The van der Waals surface area contributed by atoms with Crippen molar-refractivity contribution in [2.75, 3.05) is 20.7 Å². The Morgan fingerprint density at radius 3 is 3.00 bits per heavy atom. The summed E-state index contributed by atoms with van der Waals surface area (Å²) in [5.74, 6) is 0.686. The van der Waals surface area contributed by atoms with E-state index in [9.17, 15) is 0 Å². The number of guanidine groups is 1. The normalized spacial score (nSPS) is 43.2. The summed E-state index contributed by atoms with van der Waals surface area (Å²) < 4.78 is 6.89. The molecule has 23 heavy (non-hydrogen) atoms. The highest BCUT2D eigenvalue weighted by molar-refractivity contribution is 9.10. The molecule has 5 heteroatoms. The Labute approximate surface area is 145 Å². The van der Waals surface area contributed by atoms with Crippen LogP contribution in [0.5, 0.6) is 0 Å². The van der Waals surface area contributed by atoms with Gasteiger partial charge in [0, 0.05) is 36.0 Å². The Hall–Kier alpha value is -1.07. The summed E-state index contributed by atoms with van der Waals surface area (Å²) >= 11 is 3.66. The van der Waals surface area contributed by atoms with E-state index >= 15 is 0 Å². The Morgan fingerprint density at radius 2 is 2.22 bits per heavy atom. The molecule has 1 aliphatic heterocycles. The van der Waals surface area contributed by atoms with Crippen molar-refractivity contribution < 1.29 is 4.74 Å². The standard InChI is InChI=1S/C18H22BrN3O/c1-22-10-17-9-13(23-2)5-6-16(17)8-11-3-4-12(19)7-14(11)18(16,17)21-15(22)20/h3-4,7,13H,5-6,8-10H2,1-2H3,(H2,20,21). The van der Waals surface area contributed by atoms with E-state index in [2.05, 4.69) is 46.1 Å². The second-order valence-electron chi connectivity index (χ2n) is 7.78. The van der Waals surface area contributed by atoms with Crippen molar-refractivity contribution in [3.63, 3.8) is 0 Å². The van der Waals surface area contributed by atoms with Gasteiger partial charge in [-0.05, 0) is 48.9 Å². The first kappa shape index (κ1) is 14.3. The molecule has 2 fully saturated rings. The zero-order valence-electron chi connectivity index (χ0n) is 13.6. The molecule has 122 valence electrons. The first-order valence-electron chi connectivity index (χ1n) is 8.38. The van der Waals surface area contributed by atoms with Crippen LogP contribution in [0.1, 0.15) is 30.4 Å². The molecule has 0 radical (unpaired) electrons. The molecule has 4 aliphatic rings. The van der Waals surface area contributed by atoms with Gasteiger partial charge < -0.3 is 15.4 Å². The fourth-order valence-corrected chi connectivity index (χ4v) is 6.66. The van der Waals surface area contributed by atoms with Gasteiger partial charge in [0.15, 0.2) is 5.96 Å². The van der Waals surface area contributed by atoms with Crippen LogP contribution >= 0.6 is 15.9 Å². The summed E-state index contributed by atoms with van der Waals surface area (Å²) in [4.78, 5) is 7.29. The fraction of sp³-hybridized carbons (Fsp3) is 0.611. The third-order valence-electron chi connectivity index (χ3n) is 7.18. The molecule has 0 bridgehead atoms. The molecule has 0 aromatic heterocycles. The predicted octanol–water partition coefficient (Wildman–Crippen LogP) is 2.65. The summed E-state index contributed by atoms with van der Waals surface area (Å²) in [6.45, 7) is 0.994. The van der Waals surface area contributed by atoms with E-state index in [1.807, 2.05) is 7.11 Å². The van der Waals surface area contributed by atoms with E-state index in [1.54, 1.807) is 0 Å². The zero-order chi connectivity index (χ0) is 16.0. The smallest absolute Gasteiger partial charge is 0.191 e. The highest BCUT2D eigenvalue weighted by Crippen LogP contribution is 2.89. The number of rotatable bonds is 1. The molecule has 3 spiro atoms. The van der Waals surface area contributed by atoms with Crippen molar-refractivity contribution in [1.82, 2.24) is 4.90 Å². The molecule has 1 heterocycles. The van der Waals surface area contributed by atoms with Crippen molar-refractivity contribution in [1.29, 1.82) is 0 Å². The van der Waals surface area contributed by atoms with E-state index in [0.717, 1.165) is 30.3 Å². The van der Waals surface area contributed by atoms with Gasteiger partial charge in [0.05, 0.1) is 6.10 Å². The lowest BCUT2D eigenvalue weighted by molar-refractivity contribution is 0.0214. The number of nitrogens with zero attached hydrogens (tertiary/aromatic N) is 2. The van der Waals surface area contributed by atoms with Gasteiger partial charge in [-0.15, -0.1) is 0 Å². The number of methoxy groups -OCH3 is 1. The van der Waals surface area contributed by atoms with Gasteiger partial charge in [0.25, 0.3) is 0 Å². The van der Waals surface area contributed by atoms with Crippen LogP contribution in [-0.2, 0) is 16.7 Å². The maximum absolute atomic E-state index is 6.29. The third-order valence-corrected chi connectivity index (χ3v) is 7.67. The van der Waals surface area contributed by atoms with E-state index in [-0.39, 0.29) is 16.4 Å². The number of halogens is 1. The number of ether oxygens (including phenoxy) is 1. The number of fused-ring (bicyclic) bond motifs is 1. The number of benzene rings is 1. The van der Waals surface area contributed by atoms with Crippen molar-refractivity contribution in [3.8, 4) is 0 Å². The van der Waals surface area contributed by atoms with Gasteiger partial charge in [-0.25, -0.2) is 4.99 Å². The predicted molar refractivity (Wildman–Crippen MR) is 93.3 cm³/mol. The number of nitrogens with two attached hydrogens (primary N) is 1. The number of hydrogen-bond acceptors (Lipinski definition) is 4. The van der Waals surface area contributed by atoms with Crippen LogP contribution in [0.15, 0.2) is 27.7 Å². The van der Waals surface area contributed by atoms with Crippen LogP contribution in [0.25, 0.3) is 0 Å². The first-order valence-corrected chi connectivity index (χ1v) is 9.17. The van der Waals surface area contributed by atoms with Gasteiger partial charge in [-0.1, -0.05) is 22.0 Å². The summed E-state index contributed by atoms with van der Waals surface area (Å²) in [6.07, 6.45) is 4.89. The lowest BCUT2D eigenvalue weighted by Gasteiger charge is -2.39. The summed E-state index contributed by atoms with van der Waals surface area (Å²) in [6, 6.07) is 6.71. The maximum Gasteiger partial charge on any atom is 0.191 e. The minimum Gasteiger partial charge on any atom is -0.381 e. The highest BCUT2D eigenvalue weighted by Gasteiger charge is 2.91.